The quantitative estimate of drug-likeness (QED) is 0.816. The van der Waals surface area contributed by atoms with E-state index in [1.807, 2.05) is 6.92 Å². The van der Waals surface area contributed by atoms with Crippen molar-refractivity contribution in [1.29, 1.82) is 0 Å². The molecule has 1 unspecified atom stereocenters. The standard InChI is InChI=1S/C12H14BrClN2S2/c1-6(11-7(2)16-8(3)17-11)15-5-9-4-10(13)12(14)18-9/h4,6,15H,5H2,1-3H3. The van der Waals surface area contributed by atoms with E-state index < -0.39 is 0 Å². The van der Waals surface area contributed by atoms with Crippen molar-refractivity contribution in [1.82, 2.24) is 10.3 Å². The van der Waals surface area contributed by atoms with Crippen molar-refractivity contribution in [2.24, 2.45) is 0 Å². The van der Waals surface area contributed by atoms with Crippen LogP contribution >= 0.6 is 50.2 Å². The van der Waals surface area contributed by atoms with Crippen LogP contribution in [0.5, 0.6) is 0 Å². The molecule has 6 heteroatoms. The predicted octanol–water partition coefficient (Wildman–Crippen LogP) is 5.09. The number of thiazole rings is 1. The van der Waals surface area contributed by atoms with Crippen LogP contribution in [0, 0.1) is 13.8 Å². The number of hydrogen-bond acceptors (Lipinski definition) is 4. The highest BCUT2D eigenvalue weighted by Gasteiger charge is 2.13. The van der Waals surface area contributed by atoms with Crippen LogP contribution in [0.3, 0.4) is 0 Å². The van der Waals surface area contributed by atoms with Gasteiger partial charge >= 0.3 is 0 Å². The van der Waals surface area contributed by atoms with Crippen LogP contribution in [0.15, 0.2) is 10.5 Å². The lowest BCUT2D eigenvalue weighted by Crippen LogP contribution is -2.17. The molecule has 1 atom stereocenters. The van der Waals surface area contributed by atoms with Gasteiger partial charge in [-0.3, -0.25) is 0 Å². The second kappa shape index (κ2) is 6.01. The van der Waals surface area contributed by atoms with Gasteiger partial charge in [0, 0.05) is 26.8 Å². The van der Waals surface area contributed by atoms with Crippen LogP contribution in [0.25, 0.3) is 0 Å². The summed E-state index contributed by atoms with van der Waals surface area (Å²) in [4.78, 5) is 7.01. The van der Waals surface area contributed by atoms with Gasteiger partial charge in [0.1, 0.15) is 4.34 Å². The Kier molecular flexibility index (Phi) is 4.83. The number of aryl methyl sites for hydroxylation is 2. The van der Waals surface area contributed by atoms with Crippen LogP contribution in [0.1, 0.15) is 33.4 Å². The smallest absolute Gasteiger partial charge is 0.107 e. The Bertz CT molecular complexity index is 531. The van der Waals surface area contributed by atoms with Crippen molar-refractivity contribution in [2.75, 3.05) is 0 Å². The monoisotopic (exact) mass is 364 g/mol. The van der Waals surface area contributed by atoms with E-state index >= 15 is 0 Å². The molecule has 2 heterocycles. The van der Waals surface area contributed by atoms with E-state index in [4.69, 9.17) is 11.6 Å². The molecule has 0 saturated carbocycles. The van der Waals surface area contributed by atoms with Crippen molar-refractivity contribution in [3.05, 3.63) is 35.3 Å². The van der Waals surface area contributed by atoms with Gasteiger partial charge in [0.2, 0.25) is 0 Å². The molecule has 2 rings (SSSR count). The van der Waals surface area contributed by atoms with E-state index in [1.165, 1.54) is 9.75 Å². The number of thiophene rings is 1. The summed E-state index contributed by atoms with van der Waals surface area (Å²) in [6.07, 6.45) is 0. The van der Waals surface area contributed by atoms with Gasteiger partial charge in [0.25, 0.3) is 0 Å². The van der Waals surface area contributed by atoms with Crippen LogP contribution in [0.4, 0.5) is 0 Å². The minimum atomic E-state index is 0.316. The Balaban J connectivity index is 2.00. The lowest BCUT2D eigenvalue weighted by Gasteiger charge is -2.11. The highest BCUT2D eigenvalue weighted by molar-refractivity contribution is 9.10. The Hall–Kier alpha value is 0.0600. The van der Waals surface area contributed by atoms with E-state index in [1.54, 1.807) is 22.7 Å². The van der Waals surface area contributed by atoms with Gasteiger partial charge in [0.15, 0.2) is 0 Å². The zero-order valence-electron chi connectivity index (χ0n) is 10.4. The Morgan fingerprint density at radius 1 is 1.44 bits per heavy atom. The van der Waals surface area contributed by atoms with E-state index in [-0.39, 0.29) is 0 Å². The van der Waals surface area contributed by atoms with E-state index in [2.05, 4.69) is 46.1 Å². The van der Waals surface area contributed by atoms with E-state index in [0.717, 1.165) is 26.1 Å². The van der Waals surface area contributed by atoms with Gasteiger partial charge in [-0.15, -0.1) is 22.7 Å². The van der Waals surface area contributed by atoms with Crippen molar-refractivity contribution in [2.45, 2.75) is 33.4 Å². The first kappa shape index (κ1) is 14.5. The molecule has 0 aromatic carbocycles. The summed E-state index contributed by atoms with van der Waals surface area (Å²) >= 11 is 12.8. The Labute approximate surface area is 129 Å². The second-order valence-corrected chi connectivity index (χ2v) is 7.95. The molecule has 0 amide bonds. The van der Waals surface area contributed by atoms with Crippen LogP contribution in [0.2, 0.25) is 4.34 Å². The molecular weight excluding hydrogens is 352 g/mol. The largest absolute Gasteiger partial charge is 0.304 e. The van der Waals surface area contributed by atoms with Gasteiger partial charge in [-0.1, -0.05) is 11.6 Å². The molecule has 0 radical (unpaired) electrons. The third kappa shape index (κ3) is 3.33. The molecule has 2 nitrogen and oxygen atoms in total. The number of rotatable bonds is 4. The third-order valence-corrected chi connectivity index (χ3v) is 6.34. The lowest BCUT2D eigenvalue weighted by molar-refractivity contribution is 0.583. The van der Waals surface area contributed by atoms with Crippen molar-refractivity contribution in [3.8, 4) is 0 Å². The molecule has 2 aromatic heterocycles. The first-order valence-electron chi connectivity index (χ1n) is 5.58. The fourth-order valence-corrected chi connectivity index (χ4v) is 4.47. The molecule has 0 saturated heterocycles. The fraction of sp³-hybridized carbons (Fsp3) is 0.417. The topological polar surface area (TPSA) is 24.9 Å². The summed E-state index contributed by atoms with van der Waals surface area (Å²) < 4.78 is 1.78. The molecule has 0 aliphatic carbocycles. The SMILES string of the molecule is Cc1nc(C)c(C(C)NCc2cc(Br)c(Cl)s2)s1. The summed E-state index contributed by atoms with van der Waals surface area (Å²) in [5.41, 5.74) is 1.13. The van der Waals surface area contributed by atoms with Crippen molar-refractivity contribution in [3.63, 3.8) is 0 Å². The van der Waals surface area contributed by atoms with Crippen molar-refractivity contribution < 1.29 is 0 Å². The highest BCUT2D eigenvalue weighted by Crippen LogP contribution is 2.32. The molecular formula is C12H14BrClN2S2. The molecule has 18 heavy (non-hydrogen) atoms. The zero-order valence-corrected chi connectivity index (χ0v) is 14.4. The lowest BCUT2D eigenvalue weighted by atomic mass is 10.2. The maximum atomic E-state index is 6.03. The average molecular weight is 366 g/mol. The van der Waals surface area contributed by atoms with Gasteiger partial charge in [-0.25, -0.2) is 4.98 Å². The first-order valence-corrected chi connectivity index (χ1v) is 8.38. The third-order valence-electron chi connectivity index (χ3n) is 2.61. The maximum Gasteiger partial charge on any atom is 0.107 e. The molecule has 0 fully saturated rings. The normalized spacial score (nSPS) is 12.9. The number of nitrogens with one attached hydrogen (secondary N) is 1. The van der Waals surface area contributed by atoms with Gasteiger partial charge in [0.05, 0.1) is 10.7 Å². The van der Waals surface area contributed by atoms with E-state index in [0.29, 0.717) is 6.04 Å². The number of halogens is 2. The fourth-order valence-electron chi connectivity index (χ4n) is 1.77. The van der Waals surface area contributed by atoms with Gasteiger partial charge in [-0.2, -0.15) is 0 Å². The van der Waals surface area contributed by atoms with Crippen molar-refractivity contribution >= 4 is 50.2 Å². The first-order chi connectivity index (χ1) is 8.47. The summed E-state index contributed by atoms with van der Waals surface area (Å²) in [7, 11) is 0. The van der Waals surface area contributed by atoms with E-state index in [9.17, 15) is 0 Å². The van der Waals surface area contributed by atoms with Gasteiger partial charge in [-0.05, 0) is 42.8 Å². The highest BCUT2D eigenvalue weighted by atomic mass is 79.9. The van der Waals surface area contributed by atoms with Crippen LogP contribution in [-0.4, -0.2) is 4.98 Å². The maximum absolute atomic E-state index is 6.03. The minimum absolute atomic E-state index is 0.316. The summed E-state index contributed by atoms with van der Waals surface area (Å²) in [5.74, 6) is 0. The second-order valence-electron chi connectivity index (χ2n) is 4.12. The zero-order chi connectivity index (χ0) is 13.3. The summed E-state index contributed by atoms with van der Waals surface area (Å²) in [5, 5.41) is 4.63. The molecule has 0 aliphatic rings. The predicted molar refractivity (Wildman–Crippen MR) is 83.9 cm³/mol. The Morgan fingerprint density at radius 3 is 2.67 bits per heavy atom. The van der Waals surface area contributed by atoms with Gasteiger partial charge < -0.3 is 5.32 Å². The summed E-state index contributed by atoms with van der Waals surface area (Å²) in [6.45, 7) is 7.11. The molecule has 0 spiro atoms. The molecule has 0 bridgehead atoms. The summed E-state index contributed by atoms with van der Waals surface area (Å²) in [6, 6.07) is 2.38. The average Bonchev–Trinajstić information content (AvgIpc) is 2.79. The molecule has 2 aromatic rings. The van der Waals surface area contributed by atoms with Crippen LogP contribution in [-0.2, 0) is 6.54 Å². The number of nitrogens with zero attached hydrogens (tertiary/aromatic N) is 1. The molecule has 0 aliphatic heterocycles. The molecule has 98 valence electrons. The van der Waals surface area contributed by atoms with Crippen LogP contribution < -0.4 is 5.32 Å². The number of hydrogen-bond donors (Lipinski definition) is 1. The minimum Gasteiger partial charge on any atom is -0.304 e. The molecule has 1 N–H and O–H groups in total. The Morgan fingerprint density at radius 2 is 2.17 bits per heavy atom. The number of aromatic nitrogens is 1.